The van der Waals surface area contributed by atoms with Gasteiger partial charge in [0.15, 0.2) is 10.9 Å². The highest BCUT2D eigenvalue weighted by Crippen LogP contribution is 2.13. The molecule has 0 radical (unpaired) electrons. The topological polar surface area (TPSA) is 52.6 Å². The van der Waals surface area contributed by atoms with Crippen LogP contribution in [0.3, 0.4) is 0 Å². The Morgan fingerprint density at radius 1 is 1.00 bits per heavy atom. The molecule has 0 aliphatic heterocycles. The molecule has 0 fully saturated rings. The van der Waals surface area contributed by atoms with Crippen LogP contribution in [0.15, 0.2) is 61.2 Å². The van der Waals surface area contributed by atoms with Gasteiger partial charge in [-0.1, -0.05) is 67.3 Å². The molecule has 0 saturated heterocycles. The Labute approximate surface area is 152 Å². The Balaban J connectivity index is 0.000000593. The maximum Gasteiger partial charge on any atom is 0.203 e. The molecule has 5 heteroatoms. The van der Waals surface area contributed by atoms with Crippen molar-refractivity contribution in [1.82, 2.24) is 0 Å². The third-order valence-corrected chi connectivity index (χ3v) is 5.21. The van der Waals surface area contributed by atoms with Gasteiger partial charge in [0.25, 0.3) is 0 Å². The van der Waals surface area contributed by atoms with Gasteiger partial charge < -0.3 is 9.47 Å². The molecule has 0 heterocycles. The molecule has 0 amide bonds. The second kappa shape index (κ2) is 11.8. The van der Waals surface area contributed by atoms with Gasteiger partial charge in [0.05, 0.1) is 13.2 Å². The van der Waals surface area contributed by atoms with Gasteiger partial charge in [0, 0.05) is 0 Å². The van der Waals surface area contributed by atoms with E-state index in [9.17, 15) is 8.42 Å². The first-order chi connectivity index (χ1) is 11.6. The molecule has 0 aromatic heterocycles. The number of hydrogen-bond acceptors (Lipinski definition) is 4. The van der Waals surface area contributed by atoms with E-state index in [2.05, 4.69) is 19.7 Å². The Bertz CT molecular complexity index is 618. The first kappa shape index (κ1) is 23.3. The van der Waals surface area contributed by atoms with Crippen LogP contribution in [0.25, 0.3) is 6.08 Å². The fraction of sp³-hybridized carbons (Fsp3) is 0.400. The van der Waals surface area contributed by atoms with E-state index in [-0.39, 0.29) is 13.2 Å². The molecule has 4 nitrogen and oxygen atoms in total. The maximum absolute atomic E-state index is 11.9. The second-order valence-electron chi connectivity index (χ2n) is 5.88. The van der Waals surface area contributed by atoms with E-state index in [1.54, 1.807) is 13.8 Å². The minimum absolute atomic E-state index is 0.230. The van der Waals surface area contributed by atoms with E-state index >= 15 is 0 Å². The average molecular weight is 367 g/mol. The number of ether oxygens (including phenoxy) is 2. The average Bonchev–Trinajstić information content (AvgIpc) is 2.58. The number of benzene rings is 1. The van der Waals surface area contributed by atoms with Gasteiger partial charge in [-0.3, -0.25) is 0 Å². The Kier molecular flexibility index (Phi) is 11.0. The van der Waals surface area contributed by atoms with E-state index in [0.29, 0.717) is 0 Å². The van der Waals surface area contributed by atoms with Crippen molar-refractivity contribution in [3.05, 3.63) is 66.8 Å². The summed E-state index contributed by atoms with van der Waals surface area (Å²) in [4.78, 5) is 0. The lowest BCUT2D eigenvalue weighted by Crippen LogP contribution is -2.32. The van der Waals surface area contributed by atoms with Crippen LogP contribution in [0.5, 0.6) is 0 Å². The van der Waals surface area contributed by atoms with Crippen molar-refractivity contribution in [3.63, 3.8) is 0 Å². The van der Waals surface area contributed by atoms with Crippen LogP contribution in [0, 0.1) is 0 Å². The number of hydrogen-bond donors (Lipinski definition) is 0. The lowest BCUT2D eigenvalue weighted by atomic mass is 10.2. The summed E-state index contributed by atoms with van der Waals surface area (Å²) in [5, 5.41) is 0. The van der Waals surface area contributed by atoms with E-state index < -0.39 is 20.7 Å². The van der Waals surface area contributed by atoms with Crippen LogP contribution in [0.2, 0.25) is 0 Å². The van der Waals surface area contributed by atoms with Crippen LogP contribution >= 0.6 is 0 Å². The Morgan fingerprint density at radius 3 is 1.68 bits per heavy atom. The van der Waals surface area contributed by atoms with Crippen LogP contribution in [0.4, 0.5) is 0 Å². The van der Waals surface area contributed by atoms with Crippen LogP contribution in [-0.4, -0.2) is 32.5 Å². The highest BCUT2D eigenvalue weighted by molar-refractivity contribution is 7.92. The van der Waals surface area contributed by atoms with Crippen molar-refractivity contribution < 1.29 is 17.9 Å². The first-order valence-electron chi connectivity index (χ1n) is 8.03. The van der Waals surface area contributed by atoms with Crippen molar-refractivity contribution in [2.75, 3.05) is 13.2 Å². The molecule has 0 spiro atoms. The molecule has 0 bridgehead atoms. The summed E-state index contributed by atoms with van der Waals surface area (Å²) >= 11 is 0. The van der Waals surface area contributed by atoms with Gasteiger partial charge in [0.2, 0.25) is 9.84 Å². The van der Waals surface area contributed by atoms with Gasteiger partial charge in [-0.2, -0.15) is 0 Å². The van der Waals surface area contributed by atoms with Crippen molar-refractivity contribution in [3.8, 4) is 0 Å². The molecule has 0 saturated carbocycles. The standard InChI is InChI=1S/C12H22O4S.C8H8/c1-9(2)7-15-11(5)17(13,14)12(6)16-8-10(3)4;1-2-8-6-4-3-5-7-8/h11-12H,1,3,7-8H2,2,4-6H3;2-7H,1H2. The van der Waals surface area contributed by atoms with Crippen LogP contribution in [0.1, 0.15) is 33.3 Å². The minimum Gasteiger partial charge on any atom is -0.358 e. The second-order valence-corrected chi connectivity index (χ2v) is 8.38. The largest absolute Gasteiger partial charge is 0.358 e. The molecule has 1 aromatic rings. The zero-order valence-electron chi connectivity index (χ0n) is 15.7. The highest BCUT2D eigenvalue weighted by atomic mass is 32.2. The van der Waals surface area contributed by atoms with Gasteiger partial charge >= 0.3 is 0 Å². The van der Waals surface area contributed by atoms with Crippen molar-refractivity contribution in [1.29, 1.82) is 0 Å². The summed E-state index contributed by atoms with van der Waals surface area (Å²) < 4.78 is 34.3. The lowest BCUT2D eigenvalue weighted by Gasteiger charge is -2.19. The zero-order valence-corrected chi connectivity index (χ0v) is 16.5. The molecule has 0 aliphatic carbocycles. The smallest absolute Gasteiger partial charge is 0.203 e. The predicted octanol–water partition coefficient (Wildman–Crippen LogP) is 4.61. The number of rotatable bonds is 9. The van der Waals surface area contributed by atoms with E-state index in [0.717, 1.165) is 11.1 Å². The Hall–Kier alpha value is -1.69. The zero-order chi connectivity index (χ0) is 19.5. The SMILES string of the molecule is C=C(C)COC(C)S(=O)(=O)C(C)OCC(=C)C.C=Cc1ccccc1. The fourth-order valence-corrected chi connectivity index (χ4v) is 2.62. The summed E-state index contributed by atoms with van der Waals surface area (Å²) in [7, 11) is -3.46. The number of sulfone groups is 1. The van der Waals surface area contributed by atoms with Gasteiger partial charge in [-0.05, 0) is 33.3 Å². The molecule has 0 aliphatic rings. The van der Waals surface area contributed by atoms with Crippen molar-refractivity contribution >= 4 is 15.9 Å². The fourth-order valence-electron chi connectivity index (χ4n) is 1.57. The molecule has 25 heavy (non-hydrogen) atoms. The lowest BCUT2D eigenvalue weighted by molar-refractivity contribution is 0.110. The quantitative estimate of drug-likeness (QED) is 0.599. The molecular weight excluding hydrogens is 336 g/mol. The monoisotopic (exact) mass is 366 g/mol. The molecule has 2 atom stereocenters. The van der Waals surface area contributed by atoms with Crippen molar-refractivity contribution in [2.45, 2.75) is 38.6 Å². The van der Waals surface area contributed by atoms with E-state index in [1.165, 1.54) is 19.4 Å². The summed E-state index contributed by atoms with van der Waals surface area (Å²) in [6, 6.07) is 10.0. The predicted molar refractivity (Wildman–Crippen MR) is 106 cm³/mol. The Morgan fingerprint density at radius 2 is 1.40 bits per heavy atom. The highest BCUT2D eigenvalue weighted by Gasteiger charge is 2.29. The van der Waals surface area contributed by atoms with Crippen LogP contribution < -0.4 is 0 Å². The summed E-state index contributed by atoms with van der Waals surface area (Å²) in [5.74, 6) is 0. The third-order valence-electron chi connectivity index (χ3n) is 3.09. The molecular formula is C20H30O4S. The van der Waals surface area contributed by atoms with Gasteiger partial charge in [-0.25, -0.2) is 8.42 Å². The third kappa shape index (κ3) is 10.0. The molecule has 0 N–H and O–H groups in total. The summed E-state index contributed by atoms with van der Waals surface area (Å²) in [6.45, 7) is 17.9. The van der Waals surface area contributed by atoms with Crippen LogP contribution in [-0.2, 0) is 19.3 Å². The molecule has 1 aromatic carbocycles. The normalized spacial score (nSPS) is 13.1. The van der Waals surface area contributed by atoms with Gasteiger partial charge in [-0.15, -0.1) is 0 Å². The summed E-state index contributed by atoms with van der Waals surface area (Å²) in [6.07, 6.45) is 1.83. The summed E-state index contributed by atoms with van der Waals surface area (Å²) in [5.41, 5.74) is 0.927. The first-order valence-corrected chi connectivity index (χ1v) is 9.64. The maximum atomic E-state index is 11.9. The van der Waals surface area contributed by atoms with Gasteiger partial charge in [0.1, 0.15) is 0 Å². The minimum atomic E-state index is -3.46. The van der Waals surface area contributed by atoms with E-state index in [1.807, 2.05) is 36.4 Å². The molecule has 1 rings (SSSR count). The van der Waals surface area contributed by atoms with E-state index in [4.69, 9.17) is 9.47 Å². The molecule has 140 valence electrons. The van der Waals surface area contributed by atoms with Crippen molar-refractivity contribution in [2.24, 2.45) is 0 Å². The molecule has 2 unspecified atom stereocenters.